The van der Waals surface area contributed by atoms with Crippen molar-refractivity contribution in [2.24, 2.45) is 9.98 Å². The molecule has 9 heteroatoms. The second-order valence-corrected chi connectivity index (χ2v) is 6.67. The van der Waals surface area contributed by atoms with Crippen LogP contribution in [0.1, 0.15) is 41.9 Å². The molecule has 1 amide bonds. The van der Waals surface area contributed by atoms with Gasteiger partial charge in [0.25, 0.3) is 5.91 Å². The highest BCUT2D eigenvalue weighted by Crippen LogP contribution is 2.27. The van der Waals surface area contributed by atoms with Crippen LogP contribution in [0.5, 0.6) is 0 Å². The maximum Gasteiger partial charge on any atom is 0.254 e. The first-order valence-corrected chi connectivity index (χ1v) is 8.61. The Labute approximate surface area is 154 Å². The number of rotatable bonds is 2. The van der Waals surface area contributed by atoms with Crippen LogP contribution >= 0.6 is 11.6 Å². The van der Waals surface area contributed by atoms with E-state index in [2.05, 4.69) is 20.2 Å². The number of amidine groups is 1. The molecule has 0 unspecified atom stereocenters. The highest BCUT2D eigenvalue weighted by molar-refractivity contribution is 6.31. The summed E-state index contributed by atoms with van der Waals surface area (Å²) < 4.78 is 15.3. The molecule has 1 atom stereocenters. The standard InChI is InChI=1S/C17H16ClFN6O/c1-9-15-22-23-16(14-8-20-10(2)21-14)25(15)6-5-24(9)17(26)11-3-4-13(19)12(18)7-11/h3-4,7,9H,5-6,8H2,1-2H3/t9-/m1/s1. The smallest absolute Gasteiger partial charge is 0.254 e. The Hall–Kier alpha value is -2.61. The predicted octanol–water partition coefficient (Wildman–Crippen LogP) is 2.51. The quantitative estimate of drug-likeness (QED) is 0.810. The second-order valence-electron chi connectivity index (χ2n) is 6.26. The van der Waals surface area contributed by atoms with Gasteiger partial charge in [0.15, 0.2) is 11.6 Å². The zero-order valence-corrected chi connectivity index (χ0v) is 15.0. The van der Waals surface area contributed by atoms with Gasteiger partial charge in [-0.15, -0.1) is 10.2 Å². The SMILES string of the molecule is CC1=NCC(c2nnc3n2CCN(C(=O)c2ccc(F)c(Cl)c2)[C@@H]3C)=N1. The maximum absolute atomic E-state index is 13.4. The molecule has 0 N–H and O–H groups in total. The molecule has 0 spiro atoms. The molecule has 4 rings (SSSR count). The molecule has 0 fully saturated rings. The fraction of sp³-hybridized carbons (Fsp3) is 0.353. The molecule has 2 aliphatic heterocycles. The minimum atomic E-state index is -0.547. The van der Waals surface area contributed by atoms with Gasteiger partial charge in [-0.25, -0.2) is 9.38 Å². The average molecular weight is 375 g/mol. The van der Waals surface area contributed by atoms with Crippen molar-refractivity contribution in [1.82, 2.24) is 19.7 Å². The van der Waals surface area contributed by atoms with Crippen LogP contribution in [0.4, 0.5) is 4.39 Å². The van der Waals surface area contributed by atoms with Gasteiger partial charge in [-0.2, -0.15) is 0 Å². The molecule has 1 aromatic heterocycles. The number of carbonyl (C=O) groups is 1. The van der Waals surface area contributed by atoms with E-state index in [9.17, 15) is 9.18 Å². The first-order valence-electron chi connectivity index (χ1n) is 8.24. The lowest BCUT2D eigenvalue weighted by molar-refractivity contribution is 0.0637. The molecule has 0 aliphatic carbocycles. The number of halogens is 2. The third-order valence-electron chi connectivity index (χ3n) is 4.63. The largest absolute Gasteiger partial charge is 0.327 e. The van der Waals surface area contributed by atoms with Gasteiger partial charge in [0.2, 0.25) is 0 Å². The Morgan fingerprint density at radius 2 is 2.12 bits per heavy atom. The Bertz CT molecular complexity index is 966. The van der Waals surface area contributed by atoms with Gasteiger partial charge in [-0.3, -0.25) is 9.79 Å². The molecular formula is C17H16ClFN6O. The Morgan fingerprint density at radius 3 is 2.81 bits per heavy atom. The zero-order valence-electron chi connectivity index (χ0n) is 14.3. The molecule has 0 bridgehead atoms. The summed E-state index contributed by atoms with van der Waals surface area (Å²) in [5, 5.41) is 8.45. The van der Waals surface area contributed by atoms with Crippen LogP contribution in [-0.4, -0.2) is 50.2 Å². The molecule has 7 nitrogen and oxygen atoms in total. The maximum atomic E-state index is 13.4. The van der Waals surface area contributed by atoms with Crippen molar-refractivity contribution in [2.45, 2.75) is 26.4 Å². The highest BCUT2D eigenvalue weighted by atomic mass is 35.5. The second kappa shape index (κ2) is 6.28. The number of hydrogen-bond donors (Lipinski definition) is 0. The zero-order chi connectivity index (χ0) is 18.4. The summed E-state index contributed by atoms with van der Waals surface area (Å²) in [6, 6.07) is 3.72. The number of fused-ring (bicyclic) bond motifs is 1. The summed E-state index contributed by atoms with van der Waals surface area (Å²) in [5.74, 6) is 1.36. The van der Waals surface area contributed by atoms with E-state index >= 15 is 0 Å². The van der Waals surface area contributed by atoms with Gasteiger partial charge in [0, 0.05) is 18.7 Å². The molecule has 2 aromatic rings. The molecule has 0 saturated heterocycles. The van der Waals surface area contributed by atoms with Crippen molar-refractivity contribution >= 4 is 29.1 Å². The molecule has 26 heavy (non-hydrogen) atoms. The van der Waals surface area contributed by atoms with Crippen molar-refractivity contribution in [3.05, 3.63) is 46.3 Å². The predicted molar refractivity (Wildman–Crippen MR) is 95.4 cm³/mol. The lowest BCUT2D eigenvalue weighted by Crippen LogP contribution is -2.41. The topological polar surface area (TPSA) is 75.7 Å². The molecule has 2 aliphatic rings. The number of benzene rings is 1. The summed E-state index contributed by atoms with van der Waals surface area (Å²) in [6.45, 7) is 5.28. The van der Waals surface area contributed by atoms with Gasteiger partial charge in [-0.05, 0) is 32.0 Å². The van der Waals surface area contributed by atoms with Crippen LogP contribution in [0, 0.1) is 5.82 Å². The van der Waals surface area contributed by atoms with Gasteiger partial charge in [-0.1, -0.05) is 11.6 Å². The number of carbonyl (C=O) groups excluding carboxylic acids is 1. The summed E-state index contributed by atoms with van der Waals surface area (Å²) in [4.78, 5) is 23.2. The van der Waals surface area contributed by atoms with E-state index in [0.29, 0.717) is 36.8 Å². The van der Waals surface area contributed by atoms with Crippen molar-refractivity contribution in [3.8, 4) is 0 Å². The number of aliphatic imine (C=N–C) groups is 2. The van der Waals surface area contributed by atoms with Crippen molar-refractivity contribution < 1.29 is 9.18 Å². The third kappa shape index (κ3) is 2.70. The Kier molecular flexibility index (Phi) is 4.07. The van der Waals surface area contributed by atoms with E-state index < -0.39 is 5.82 Å². The normalized spacial score (nSPS) is 19.2. The van der Waals surface area contributed by atoms with E-state index in [-0.39, 0.29) is 17.0 Å². The van der Waals surface area contributed by atoms with Crippen molar-refractivity contribution in [3.63, 3.8) is 0 Å². The molecule has 3 heterocycles. The van der Waals surface area contributed by atoms with E-state index in [0.717, 1.165) is 11.5 Å². The van der Waals surface area contributed by atoms with Gasteiger partial charge >= 0.3 is 0 Å². The summed E-state index contributed by atoms with van der Waals surface area (Å²) in [7, 11) is 0. The lowest BCUT2D eigenvalue weighted by Gasteiger charge is -2.33. The van der Waals surface area contributed by atoms with Crippen LogP contribution in [-0.2, 0) is 6.54 Å². The monoisotopic (exact) mass is 374 g/mol. The van der Waals surface area contributed by atoms with Crippen LogP contribution in [0.2, 0.25) is 5.02 Å². The minimum Gasteiger partial charge on any atom is -0.327 e. The van der Waals surface area contributed by atoms with Crippen molar-refractivity contribution in [1.29, 1.82) is 0 Å². The Balaban J connectivity index is 1.61. The molecule has 1 aromatic carbocycles. The summed E-state index contributed by atoms with van der Waals surface area (Å²) in [6.07, 6.45) is 0. The van der Waals surface area contributed by atoms with Gasteiger partial charge in [0.1, 0.15) is 17.4 Å². The summed E-state index contributed by atoms with van der Waals surface area (Å²) >= 11 is 5.81. The molecule has 0 saturated carbocycles. The van der Waals surface area contributed by atoms with Gasteiger partial charge < -0.3 is 9.47 Å². The highest BCUT2D eigenvalue weighted by Gasteiger charge is 2.33. The van der Waals surface area contributed by atoms with Crippen LogP contribution in [0.3, 0.4) is 0 Å². The van der Waals surface area contributed by atoms with E-state index in [4.69, 9.17) is 11.6 Å². The van der Waals surface area contributed by atoms with E-state index in [1.54, 1.807) is 4.90 Å². The van der Waals surface area contributed by atoms with Crippen LogP contribution < -0.4 is 0 Å². The number of nitrogens with zero attached hydrogens (tertiary/aromatic N) is 6. The fourth-order valence-corrected chi connectivity index (χ4v) is 3.43. The Morgan fingerprint density at radius 1 is 1.31 bits per heavy atom. The minimum absolute atomic E-state index is 0.0689. The molecule has 134 valence electrons. The number of aromatic nitrogens is 3. The first-order chi connectivity index (χ1) is 12.5. The average Bonchev–Trinajstić information content (AvgIpc) is 3.23. The van der Waals surface area contributed by atoms with E-state index in [1.165, 1.54) is 18.2 Å². The first kappa shape index (κ1) is 16.8. The lowest BCUT2D eigenvalue weighted by atomic mass is 10.1. The van der Waals surface area contributed by atoms with Crippen molar-refractivity contribution in [2.75, 3.05) is 13.1 Å². The number of amides is 1. The molecular weight excluding hydrogens is 359 g/mol. The van der Waals surface area contributed by atoms with Crippen LogP contribution in [0.15, 0.2) is 28.2 Å². The van der Waals surface area contributed by atoms with E-state index in [1.807, 2.05) is 18.4 Å². The summed E-state index contributed by atoms with van der Waals surface area (Å²) in [5.41, 5.74) is 1.14. The third-order valence-corrected chi connectivity index (χ3v) is 4.91. The fourth-order valence-electron chi connectivity index (χ4n) is 3.25. The molecule has 0 radical (unpaired) electrons. The number of hydrogen-bond acceptors (Lipinski definition) is 5. The van der Waals surface area contributed by atoms with Gasteiger partial charge in [0.05, 0.1) is 17.6 Å². The van der Waals surface area contributed by atoms with Crippen LogP contribution in [0.25, 0.3) is 0 Å².